The summed E-state index contributed by atoms with van der Waals surface area (Å²) in [7, 11) is -3.12. The Hall–Kier alpha value is -1.37. The highest BCUT2D eigenvalue weighted by Crippen LogP contribution is 2.18. The van der Waals surface area contributed by atoms with Gasteiger partial charge in [-0.25, -0.2) is 8.42 Å². The van der Waals surface area contributed by atoms with Crippen LogP contribution in [0.2, 0.25) is 0 Å². The molecule has 1 aromatic carbocycles. The van der Waals surface area contributed by atoms with Crippen molar-refractivity contribution in [3.05, 3.63) is 42.0 Å². The van der Waals surface area contributed by atoms with Gasteiger partial charge in [0.2, 0.25) is 0 Å². The van der Waals surface area contributed by atoms with Gasteiger partial charge in [-0.3, -0.25) is 4.79 Å². The zero-order chi connectivity index (χ0) is 17.2. The molecule has 7 heteroatoms. The van der Waals surface area contributed by atoms with Crippen molar-refractivity contribution in [2.45, 2.75) is 17.8 Å². The van der Waals surface area contributed by atoms with Crippen molar-refractivity contribution in [1.82, 2.24) is 5.32 Å². The summed E-state index contributed by atoms with van der Waals surface area (Å²) in [5.41, 5.74) is 2.56. The number of sulfone groups is 1. The molecule has 3 rings (SSSR count). The van der Waals surface area contributed by atoms with Crippen molar-refractivity contribution < 1.29 is 18.1 Å². The Balaban J connectivity index is 1.51. The van der Waals surface area contributed by atoms with Gasteiger partial charge in [-0.1, -0.05) is 30.3 Å². The van der Waals surface area contributed by atoms with Gasteiger partial charge in [-0.15, -0.1) is 11.6 Å². The number of rotatable bonds is 4. The quantitative estimate of drug-likeness (QED) is 0.727. The molecule has 1 aromatic rings. The molecule has 2 N–H and O–H groups in total. The van der Waals surface area contributed by atoms with Crippen LogP contribution < -0.4 is 10.2 Å². The molecule has 0 bridgehead atoms. The van der Waals surface area contributed by atoms with Crippen LogP contribution in [0.1, 0.15) is 12.0 Å². The minimum Gasteiger partial charge on any atom is -0.346 e. The predicted molar refractivity (Wildman–Crippen MR) is 94.8 cm³/mol. The number of carbonyl (C=O) groups excluding carboxylic acids is 1. The largest absolute Gasteiger partial charge is 0.346 e. The van der Waals surface area contributed by atoms with Gasteiger partial charge in [-0.2, -0.15) is 0 Å². The number of quaternary nitrogens is 1. The van der Waals surface area contributed by atoms with E-state index in [1.165, 1.54) is 16.0 Å². The van der Waals surface area contributed by atoms with E-state index >= 15 is 0 Å². The SMILES string of the molecule is O=C(C[NH+]1CC=C(c2ccccc2)CC1)N[C@@H]1CS(=O)(=O)C[C@@H]1Cl. The third-order valence-electron chi connectivity index (χ3n) is 4.57. The number of alkyl halides is 1. The number of carbonyl (C=O) groups is 1. The third kappa shape index (κ3) is 4.37. The summed E-state index contributed by atoms with van der Waals surface area (Å²) < 4.78 is 23.1. The number of benzene rings is 1. The zero-order valence-electron chi connectivity index (χ0n) is 13.4. The number of nitrogens with one attached hydrogen (secondary N) is 2. The molecule has 130 valence electrons. The molecule has 0 aliphatic carbocycles. The van der Waals surface area contributed by atoms with E-state index in [9.17, 15) is 13.2 Å². The van der Waals surface area contributed by atoms with Crippen LogP contribution in [0, 0.1) is 0 Å². The lowest BCUT2D eigenvalue weighted by molar-refractivity contribution is -0.886. The number of hydrogen-bond donors (Lipinski definition) is 2. The minimum atomic E-state index is -3.12. The van der Waals surface area contributed by atoms with Crippen LogP contribution in [0.4, 0.5) is 0 Å². The van der Waals surface area contributed by atoms with E-state index in [1.54, 1.807) is 0 Å². The fourth-order valence-electron chi connectivity index (χ4n) is 3.28. The molecule has 3 atom stereocenters. The molecule has 1 saturated heterocycles. The monoisotopic (exact) mass is 369 g/mol. The van der Waals surface area contributed by atoms with E-state index in [0.717, 1.165) is 19.5 Å². The molecular formula is C17H22ClN2O3S+. The summed E-state index contributed by atoms with van der Waals surface area (Å²) in [6.45, 7) is 2.03. The van der Waals surface area contributed by atoms with Crippen LogP contribution in [0.15, 0.2) is 36.4 Å². The summed E-state index contributed by atoms with van der Waals surface area (Å²) in [5, 5.41) is 2.25. The molecular weight excluding hydrogens is 348 g/mol. The average molecular weight is 370 g/mol. The molecule has 1 fully saturated rings. The minimum absolute atomic E-state index is 0.0553. The van der Waals surface area contributed by atoms with E-state index in [-0.39, 0.29) is 17.4 Å². The Morgan fingerprint density at radius 3 is 2.58 bits per heavy atom. The van der Waals surface area contributed by atoms with Crippen molar-refractivity contribution in [2.24, 2.45) is 0 Å². The first-order valence-electron chi connectivity index (χ1n) is 8.15. The molecule has 24 heavy (non-hydrogen) atoms. The number of halogens is 1. The van der Waals surface area contributed by atoms with Crippen molar-refractivity contribution in [1.29, 1.82) is 0 Å². The highest BCUT2D eigenvalue weighted by Gasteiger charge is 2.37. The summed E-state index contributed by atoms with van der Waals surface area (Å²) in [4.78, 5) is 13.3. The van der Waals surface area contributed by atoms with Gasteiger partial charge < -0.3 is 10.2 Å². The van der Waals surface area contributed by atoms with E-state index in [4.69, 9.17) is 11.6 Å². The smallest absolute Gasteiger partial charge is 0.275 e. The van der Waals surface area contributed by atoms with Gasteiger partial charge in [0.15, 0.2) is 16.4 Å². The molecule has 1 unspecified atom stereocenters. The van der Waals surface area contributed by atoms with Gasteiger partial charge in [0.05, 0.1) is 36.0 Å². The van der Waals surface area contributed by atoms with Crippen LogP contribution >= 0.6 is 11.6 Å². The predicted octanol–water partition coefficient (Wildman–Crippen LogP) is -0.121. The fraction of sp³-hybridized carbons (Fsp3) is 0.471. The Morgan fingerprint density at radius 2 is 2.00 bits per heavy atom. The Bertz CT molecular complexity index is 733. The maximum Gasteiger partial charge on any atom is 0.275 e. The Morgan fingerprint density at radius 1 is 1.25 bits per heavy atom. The van der Waals surface area contributed by atoms with Crippen molar-refractivity contribution in [2.75, 3.05) is 31.1 Å². The first-order chi connectivity index (χ1) is 11.4. The second kappa shape index (κ2) is 7.25. The topological polar surface area (TPSA) is 67.7 Å². The molecule has 2 aliphatic heterocycles. The maximum atomic E-state index is 12.2. The summed E-state index contributed by atoms with van der Waals surface area (Å²) >= 11 is 6.03. The van der Waals surface area contributed by atoms with E-state index < -0.39 is 21.3 Å². The molecule has 0 aromatic heterocycles. The lowest BCUT2D eigenvalue weighted by Crippen LogP contribution is -3.13. The average Bonchev–Trinajstić information content (AvgIpc) is 2.80. The normalized spacial score (nSPS) is 29.0. The number of hydrogen-bond acceptors (Lipinski definition) is 3. The Kier molecular flexibility index (Phi) is 5.27. The second-order valence-electron chi connectivity index (χ2n) is 6.49. The van der Waals surface area contributed by atoms with E-state index in [1.807, 2.05) is 18.2 Å². The summed E-state index contributed by atoms with van der Waals surface area (Å²) in [5.74, 6) is -0.242. The van der Waals surface area contributed by atoms with Crippen LogP contribution in [0.5, 0.6) is 0 Å². The van der Waals surface area contributed by atoms with Crippen LogP contribution in [0.25, 0.3) is 5.57 Å². The molecule has 2 heterocycles. The summed E-state index contributed by atoms with van der Waals surface area (Å²) in [6.07, 6.45) is 3.12. The molecule has 5 nitrogen and oxygen atoms in total. The molecule has 0 spiro atoms. The first kappa shape index (κ1) is 17.5. The lowest BCUT2D eigenvalue weighted by atomic mass is 10.00. The first-order valence-corrected chi connectivity index (χ1v) is 10.4. The standard InChI is InChI=1S/C17H21ClN2O3S/c18-15-11-24(22,23)12-16(15)19-17(21)10-20-8-6-14(7-9-20)13-4-2-1-3-5-13/h1-6,15-16H,7-12H2,(H,19,21)/p+1/t15-,16+/m0/s1. The van der Waals surface area contributed by atoms with Crippen LogP contribution in [-0.2, 0) is 14.6 Å². The third-order valence-corrected chi connectivity index (χ3v) is 6.95. The van der Waals surface area contributed by atoms with Gasteiger partial charge in [0, 0.05) is 6.42 Å². The van der Waals surface area contributed by atoms with Crippen LogP contribution in [0.3, 0.4) is 0 Å². The maximum absolute atomic E-state index is 12.2. The fourth-order valence-corrected chi connectivity index (χ4v) is 5.83. The molecule has 1 amide bonds. The Labute approximate surface area is 147 Å². The zero-order valence-corrected chi connectivity index (χ0v) is 14.9. The van der Waals surface area contributed by atoms with Crippen molar-refractivity contribution in [3.63, 3.8) is 0 Å². The summed E-state index contributed by atoms with van der Waals surface area (Å²) in [6, 6.07) is 9.79. The molecule has 0 saturated carbocycles. The lowest BCUT2D eigenvalue weighted by Gasteiger charge is -2.24. The highest BCUT2D eigenvalue weighted by molar-refractivity contribution is 7.91. The number of amides is 1. The van der Waals surface area contributed by atoms with Gasteiger partial charge in [0.25, 0.3) is 5.91 Å². The van der Waals surface area contributed by atoms with Gasteiger partial charge in [0.1, 0.15) is 0 Å². The highest BCUT2D eigenvalue weighted by atomic mass is 35.5. The van der Waals surface area contributed by atoms with Crippen molar-refractivity contribution >= 4 is 32.9 Å². The van der Waals surface area contributed by atoms with Gasteiger partial charge >= 0.3 is 0 Å². The van der Waals surface area contributed by atoms with Gasteiger partial charge in [-0.05, 0) is 17.2 Å². The molecule has 2 aliphatic rings. The van der Waals surface area contributed by atoms with E-state index in [2.05, 4.69) is 23.5 Å². The van der Waals surface area contributed by atoms with Crippen molar-refractivity contribution in [3.8, 4) is 0 Å². The second-order valence-corrected chi connectivity index (χ2v) is 9.21. The van der Waals surface area contributed by atoms with Crippen LogP contribution in [-0.4, -0.2) is 56.9 Å². The van der Waals surface area contributed by atoms with E-state index in [0.29, 0.717) is 6.54 Å². The molecule has 0 radical (unpaired) electrons.